The molecule has 0 bridgehead atoms. The average Bonchev–Trinajstić information content (AvgIpc) is 2.04. The number of carbonyl (C=O) groups is 1. The van der Waals surface area contributed by atoms with Gasteiger partial charge >= 0.3 is 6.09 Å². The highest BCUT2D eigenvalue weighted by atomic mass is 16.5. The van der Waals surface area contributed by atoms with Gasteiger partial charge < -0.3 is 10.1 Å². The van der Waals surface area contributed by atoms with Gasteiger partial charge in [-0.25, -0.2) is 4.79 Å². The molecule has 60 valence electrons. The van der Waals surface area contributed by atoms with Gasteiger partial charge in [0.1, 0.15) is 0 Å². The van der Waals surface area contributed by atoms with Crippen molar-refractivity contribution in [2.75, 3.05) is 13.7 Å². The summed E-state index contributed by atoms with van der Waals surface area (Å²) >= 11 is 0. The van der Waals surface area contributed by atoms with Crippen molar-refractivity contribution in [2.45, 2.75) is 6.42 Å². The number of allylic oxidation sites excluding steroid dienone is 1. The van der Waals surface area contributed by atoms with Crippen LogP contribution in [0.15, 0.2) is 12.2 Å². The maximum atomic E-state index is 10.4. The maximum Gasteiger partial charge on any atom is 0.406 e. The fraction of sp³-hybridized carbons (Fsp3) is 0.429. The SMILES string of the molecule is CNC(=O)OCCC=CC#N. The molecular formula is C7H10N2O2. The highest BCUT2D eigenvalue weighted by Gasteiger charge is 1.93. The minimum absolute atomic E-state index is 0.303. The number of nitrogens with zero attached hydrogens (tertiary/aromatic N) is 1. The zero-order valence-corrected chi connectivity index (χ0v) is 6.33. The van der Waals surface area contributed by atoms with E-state index in [0.29, 0.717) is 13.0 Å². The lowest BCUT2D eigenvalue weighted by Gasteiger charge is -1.99. The highest BCUT2D eigenvalue weighted by Crippen LogP contribution is 1.84. The Kier molecular flexibility index (Phi) is 5.72. The van der Waals surface area contributed by atoms with E-state index in [-0.39, 0.29) is 0 Å². The monoisotopic (exact) mass is 154 g/mol. The molecule has 0 spiro atoms. The minimum atomic E-state index is -0.449. The van der Waals surface area contributed by atoms with Crippen molar-refractivity contribution in [2.24, 2.45) is 0 Å². The Balaban J connectivity index is 3.22. The van der Waals surface area contributed by atoms with E-state index < -0.39 is 6.09 Å². The lowest BCUT2D eigenvalue weighted by Crippen LogP contribution is -2.19. The first-order valence-corrected chi connectivity index (χ1v) is 3.20. The van der Waals surface area contributed by atoms with Gasteiger partial charge in [0.25, 0.3) is 0 Å². The molecule has 11 heavy (non-hydrogen) atoms. The normalized spacial score (nSPS) is 9.09. The Hall–Kier alpha value is -1.50. The molecular weight excluding hydrogens is 144 g/mol. The molecule has 0 saturated heterocycles. The zero-order chi connectivity index (χ0) is 8.53. The van der Waals surface area contributed by atoms with Gasteiger partial charge in [-0.1, -0.05) is 6.08 Å². The van der Waals surface area contributed by atoms with Crippen LogP contribution in [0, 0.1) is 11.3 Å². The average molecular weight is 154 g/mol. The van der Waals surface area contributed by atoms with Crippen LogP contribution in [0.1, 0.15) is 6.42 Å². The highest BCUT2D eigenvalue weighted by molar-refractivity contribution is 5.66. The van der Waals surface area contributed by atoms with Crippen LogP contribution < -0.4 is 5.32 Å². The summed E-state index contributed by atoms with van der Waals surface area (Å²) in [5, 5.41) is 10.4. The Bertz CT molecular complexity index is 181. The maximum absolute atomic E-state index is 10.4. The van der Waals surface area contributed by atoms with Crippen molar-refractivity contribution in [3.63, 3.8) is 0 Å². The van der Waals surface area contributed by atoms with Crippen LogP contribution in [-0.2, 0) is 4.74 Å². The smallest absolute Gasteiger partial charge is 0.406 e. The molecule has 0 fully saturated rings. The van der Waals surface area contributed by atoms with Crippen LogP contribution in [0.2, 0.25) is 0 Å². The largest absolute Gasteiger partial charge is 0.449 e. The molecule has 0 aromatic rings. The van der Waals surface area contributed by atoms with E-state index in [2.05, 4.69) is 10.1 Å². The van der Waals surface area contributed by atoms with Crippen molar-refractivity contribution in [3.8, 4) is 6.07 Å². The van der Waals surface area contributed by atoms with E-state index in [1.165, 1.54) is 13.1 Å². The Morgan fingerprint density at radius 1 is 1.82 bits per heavy atom. The van der Waals surface area contributed by atoms with Crippen LogP contribution >= 0.6 is 0 Å². The van der Waals surface area contributed by atoms with Crippen molar-refractivity contribution in [3.05, 3.63) is 12.2 Å². The van der Waals surface area contributed by atoms with Crippen LogP contribution in [0.4, 0.5) is 4.79 Å². The van der Waals surface area contributed by atoms with Crippen LogP contribution in [0.3, 0.4) is 0 Å². The van der Waals surface area contributed by atoms with E-state index in [1.807, 2.05) is 6.07 Å². The molecule has 0 aliphatic rings. The number of alkyl carbamates (subject to hydrolysis) is 1. The van der Waals surface area contributed by atoms with Crippen molar-refractivity contribution < 1.29 is 9.53 Å². The molecule has 1 N–H and O–H groups in total. The minimum Gasteiger partial charge on any atom is -0.449 e. The van der Waals surface area contributed by atoms with Crippen LogP contribution in [0.5, 0.6) is 0 Å². The standard InChI is InChI=1S/C7H10N2O2/c1-9-7(10)11-6-4-2-3-5-8/h2-3H,4,6H2,1H3,(H,9,10). The Labute approximate surface area is 65.5 Å². The van der Waals surface area contributed by atoms with Crippen molar-refractivity contribution >= 4 is 6.09 Å². The molecule has 0 heterocycles. The third-order valence-electron chi connectivity index (χ3n) is 0.914. The summed E-state index contributed by atoms with van der Waals surface area (Å²) in [6.45, 7) is 0.303. The van der Waals surface area contributed by atoms with Gasteiger partial charge in [-0.15, -0.1) is 0 Å². The van der Waals surface area contributed by atoms with E-state index in [0.717, 1.165) is 0 Å². The number of hydrogen-bond donors (Lipinski definition) is 1. The van der Waals surface area contributed by atoms with Gasteiger partial charge in [-0.2, -0.15) is 5.26 Å². The summed E-state index contributed by atoms with van der Waals surface area (Å²) in [5.41, 5.74) is 0. The Morgan fingerprint density at radius 3 is 3.09 bits per heavy atom. The summed E-state index contributed by atoms with van der Waals surface area (Å²) in [7, 11) is 1.49. The molecule has 0 radical (unpaired) electrons. The molecule has 0 aliphatic heterocycles. The zero-order valence-electron chi connectivity index (χ0n) is 6.33. The molecule has 0 aromatic carbocycles. The van der Waals surface area contributed by atoms with Gasteiger partial charge in [0.2, 0.25) is 0 Å². The van der Waals surface area contributed by atoms with Gasteiger partial charge in [-0.05, 0) is 0 Å². The van der Waals surface area contributed by atoms with E-state index in [9.17, 15) is 4.79 Å². The third-order valence-corrected chi connectivity index (χ3v) is 0.914. The summed E-state index contributed by atoms with van der Waals surface area (Å²) in [4.78, 5) is 10.4. The fourth-order valence-electron chi connectivity index (χ4n) is 0.428. The van der Waals surface area contributed by atoms with Gasteiger partial charge in [-0.3, -0.25) is 0 Å². The van der Waals surface area contributed by atoms with Crippen LogP contribution in [-0.4, -0.2) is 19.7 Å². The first kappa shape index (κ1) is 9.50. The molecule has 0 saturated carbocycles. The number of amides is 1. The summed E-state index contributed by atoms with van der Waals surface area (Å²) in [5.74, 6) is 0. The second-order valence-electron chi connectivity index (χ2n) is 1.71. The number of hydrogen-bond acceptors (Lipinski definition) is 3. The molecule has 0 rings (SSSR count). The summed E-state index contributed by atoms with van der Waals surface area (Å²) < 4.78 is 4.63. The van der Waals surface area contributed by atoms with E-state index in [1.54, 1.807) is 6.08 Å². The number of nitriles is 1. The second kappa shape index (κ2) is 6.62. The number of rotatable bonds is 3. The summed E-state index contributed by atoms with van der Waals surface area (Å²) in [6, 6.07) is 1.83. The van der Waals surface area contributed by atoms with Gasteiger partial charge in [0, 0.05) is 19.5 Å². The van der Waals surface area contributed by atoms with Crippen molar-refractivity contribution in [1.29, 1.82) is 5.26 Å². The van der Waals surface area contributed by atoms with E-state index >= 15 is 0 Å². The van der Waals surface area contributed by atoms with Gasteiger partial charge in [0.05, 0.1) is 12.7 Å². The third kappa shape index (κ3) is 6.38. The predicted octanol–water partition coefficient (Wildman–Crippen LogP) is 0.812. The molecule has 0 unspecified atom stereocenters. The molecule has 0 aromatic heterocycles. The first-order chi connectivity index (χ1) is 5.31. The second-order valence-corrected chi connectivity index (χ2v) is 1.71. The quantitative estimate of drug-likeness (QED) is 0.483. The Morgan fingerprint density at radius 2 is 2.55 bits per heavy atom. The van der Waals surface area contributed by atoms with E-state index in [4.69, 9.17) is 5.26 Å². The lowest BCUT2D eigenvalue weighted by molar-refractivity contribution is 0.150. The number of ether oxygens (including phenoxy) is 1. The summed E-state index contributed by atoms with van der Waals surface area (Å²) in [6.07, 6.45) is 3.12. The van der Waals surface area contributed by atoms with Crippen LogP contribution in [0.25, 0.3) is 0 Å². The van der Waals surface area contributed by atoms with Gasteiger partial charge in [0.15, 0.2) is 0 Å². The molecule has 4 nitrogen and oxygen atoms in total. The number of carbonyl (C=O) groups excluding carboxylic acids is 1. The molecule has 0 aliphatic carbocycles. The van der Waals surface area contributed by atoms with Crippen molar-refractivity contribution in [1.82, 2.24) is 5.32 Å². The fourth-order valence-corrected chi connectivity index (χ4v) is 0.428. The predicted molar refractivity (Wildman–Crippen MR) is 39.8 cm³/mol. The molecule has 1 amide bonds. The molecule has 4 heteroatoms. The number of nitrogens with one attached hydrogen (secondary N) is 1. The lowest BCUT2D eigenvalue weighted by atomic mass is 10.4. The topological polar surface area (TPSA) is 62.1 Å². The molecule has 0 atom stereocenters. The first-order valence-electron chi connectivity index (χ1n) is 3.20.